The third kappa shape index (κ3) is 9.78. The molecule has 3 nitrogen and oxygen atoms in total. The molecule has 134 valence electrons. The van der Waals surface area contributed by atoms with E-state index in [9.17, 15) is 4.79 Å². The summed E-state index contributed by atoms with van der Waals surface area (Å²) in [5.41, 5.74) is 1.32. The van der Waals surface area contributed by atoms with Crippen LogP contribution in [0.1, 0.15) is 45.1 Å². The van der Waals surface area contributed by atoms with Crippen LogP contribution in [0.4, 0.5) is 0 Å². The van der Waals surface area contributed by atoms with E-state index in [1.54, 1.807) is 6.08 Å². The van der Waals surface area contributed by atoms with Gasteiger partial charge in [0, 0.05) is 11.0 Å². The second-order valence-electron chi connectivity index (χ2n) is 5.88. The van der Waals surface area contributed by atoms with Crippen LogP contribution >= 0.6 is 11.8 Å². The molecule has 0 aliphatic heterocycles. The molecule has 1 unspecified atom stereocenters. The first-order chi connectivity index (χ1) is 11.7. The van der Waals surface area contributed by atoms with Crippen molar-refractivity contribution >= 4 is 17.7 Å². The van der Waals surface area contributed by atoms with Gasteiger partial charge in [-0.05, 0) is 38.0 Å². The average molecular weight is 350 g/mol. The van der Waals surface area contributed by atoms with Crippen LogP contribution in [0.25, 0.3) is 0 Å². The quantitative estimate of drug-likeness (QED) is 0.409. The number of carboxylic acids is 1. The third-order valence-electron chi connectivity index (χ3n) is 4.06. The zero-order valence-corrected chi connectivity index (χ0v) is 15.8. The highest BCUT2D eigenvalue weighted by molar-refractivity contribution is 7.99. The standard InChI is InChI=1S/C20H31NO2S/c1-3-21(4-2)16-9-8-13-19(14-10-15-20(22)23)24-17-18-11-6-5-7-12-18/h5-7,10-12,14,19H,3-4,8-9,13,15-17H2,1-2H3,(H,22,23). The summed E-state index contributed by atoms with van der Waals surface area (Å²) in [7, 11) is 0. The van der Waals surface area contributed by atoms with Crippen LogP contribution in [0.3, 0.4) is 0 Å². The van der Waals surface area contributed by atoms with Crippen LogP contribution in [-0.2, 0) is 10.5 Å². The van der Waals surface area contributed by atoms with E-state index in [2.05, 4.69) is 49.1 Å². The van der Waals surface area contributed by atoms with Crippen molar-refractivity contribution in [2.45, 2.75) is 50.5 Å². The number of thioether (sulfide) groups is 1. The molecule has 1 N–H and O–H groups in total. The van der Waals surface area contributed by atoms with Gasteiger partial charge in [-0.1, -0.05) is 62.8 Å². The maximum absolute atomic E-state index is 10.7. The Bertz CT molecular complexity index is 472. The summed E-state index contributed by atoms with van der Waals surface area (Å²) in [6.07, 6.45) is 7.49. The predicted octanol–water partition coefficient (Wildman–Crippen LogP) is 4.83. The Morgan fingerprint density at radius 1 is 1.21 bits per heavy atom. The van der Waals surface area contributed by atoms with Crippen molar-refractivity contribution in [2.75, 3.05) is 19.6 Å². The molecular formula is C20H31NO2S. The number of hydrogen-bond donors (Lipinski definition) is 1. The van der Waals surface area contributed by atoms with Crippen LogP contribution in [0, 0.1) is 0 Å². The lowest BCUT2D eigenvalue weighted by molar-refractivity contribution is -0.136. The fraction of sp³-hybridized carbons (Fsp3) is 0.550. The lowest BCUT2D eigenvalue weighted by Gasteiger charge is -2.18. The Morgan fingerprint density at radius 2 is 1.92 bits per heavy atom. The number of carboxylic acid groups (broad SMARTS) is 1. The summed E-state index contributed by atoms with van der Waals surface area (Å²) in [5, 5.41) is 9.19. The summed E-state index contributed by atoms with van der Waals surface area (Å²) >= 11 is 1.90. The van der Waals surface area contributed by atoms with E-state index in [0.717, 1.165) is 31.8 Å². The van der Waals surface area contributed by atoms with Crippen molar-refractivity contribution < 1.29 is 9.90 Å². The summed E-state index contributed by atoms with van der Waals surface area (Å²) in [5.74, 6) is 0.207. The minimum atomic E-state index is -0.764. The normalized spacial score (nSPS) is 12.8. The van der Waals surface area contributed by atoms with Crippen molar-refractivity contribution in [1.82, 2.24) is 4.90 Å². The number of unbranched alkanes of at least 4 members (excludes halogenated alkanes) is 1. The van der Waals surface area contributed by atoms with E-state index in [-0.39, 0.29) is 6.42 Å². The van der Waals surface area contributed by atoms with E-state index in [0.29, 0.717) is 5.25 Å². The summed E-state index contributed by atoms with van der Waals surface area (Å²) in [6, 6.07) is 10.5. The molecule has 0 aromatic heterocycles. The molecule has 24 heavy (non-hydrogen) atoms. The molecule has 0 saturated carbocycles. The minimum Gasteiger partial charge on any atom is -0.481 e. The predicted molar refractivity (Wildman–Crippen MR) is 105 cm³/mol. The minimum absolute atomic E-state index is 0.113. The van der Waals surface area contributed by atoms with Gasteiger partial charge in [-0.3, -0.25) is 4.79 Å². The Hall–Kier alpha value is -1.26. The van der Waals surface area contributed by atoms with E-state index in [1.807, 2.05) is 17.8 Å². The highest BCUT2D eigenvalue weighted by atomic mass is 32.2. The van der Waals surface area contributed by atoms with Crippen LogP contribution < -0.4 is 0 Å². The van der Waals surface area contributed by atoms with Gasteiger partial charge in [-0.2, -0.15) is 0 Å². The summed E-state index contributed by atoms with van der Waals surface area (Å²) in [6.45, 7) is 7.79. The molecule has 0 fully saturated rings. The van der Waals surface area contributed by atoms with Gasteiger partial charge in [0.1, 0.15) is 0 Å². The number of carbonyl (C=O) groups is 1. The zero-order chi connectivity index (χ0) is 17.6. The Balaban J connectivity index is 2.42. The molecule has 0 spiro atoms. The highest BCUT2D eigenvalue weighted by Crippen LogP contribution is 2.23. The molecular weight excluding hydrogens is 318 g/mol. The second kappa shape index (κ2) is 13.1. The molecule has 1 aromatic rings. The maximum atomic E-state index is 10.7. The number of aliphatic carboxylic acids is 1. The summed E-state index contributed by atoms with van der Waals surface area (Å²) in [4.78, 5) is 13.1. The highest BCUT2D eigenvalue weighted by Gasteiger charge is 2.07. The van der Waals surface area contributed by atoms with Crippen LogP contribution in [0.15, 0.2) is 42.5 Å². The lowest BCUT2D eigenvalue weighted by Crippen LogP contribution is -2.24. The third-order valence-corrected chi connectivity index (χ3v) is 5.38. The molecule has 0 radical (unpaired) electrons. The average Bonchev–Trinajstić information content (AvgIpc) is 2.59. The SMILES string of the molecule is CCN(CC)CCCCC(C=CCC(=O)O)SCc1ccccc1. The monoisotopic (exact) mass is 349 g/mol. The van der Waals surface area contributed by atoms with Crippen molar-refractivity contribution in [2.24, 2.45) is 0 Å². The molecule has 0 aliphatic rings. The molecule has 1 rings (SSSR count). The zero-order valence-electron chi connectivity index (χ0n) is 15.0. The topological polar surface area (TPSA) is 40.5 Å². The van der Waals surface area contributed by atoms with E-state index >= 15 is 0 Å². The number of rotatable bonds is 13. The summed E-state index contributed by atoms with van der Waals surface area (Å²) < 4.78 is 0. The molecule has 0 saturated heterocycles. The smallest absolute Gasteiger partial charge is 0.307 e. The first-order valence-electron chi connectivity index (χ1n) is 8.92. The van der Waals surface area contributed by atoms with Gasteiger partial charge in [0.25, 0.3) is 0 Å². The lowest BCUT2D eigenvalue weighted by atomic mass is 10.1. The van der Waals surface area contributed by atoms with Crippen molar-refractivity contribution in [1.29, 1.82) is 0 Å². The molecule has 0 amide bonds. The van der Waals surface area contributed by atoms with E-state index in [4.69, 9.17) is 5.11 Å². The Labute approximate surface area is 151 Å². The number of hydrogen-bond acceptors (Lipinski definition) is 3. The van der Waals surface area contributed by atoms with Crippen LogP contribution in [0.2, 0.25) is 0 Å². The molecule has 1 aromatic carbocycles. The van der Waals surface area contributed by atoms with E-state index < -0.39 is 5.97 Å². The fourth-order valence-corrected chi connectivity index (χ4v) is 3.71. The maximum Gasteiger partial charge on any atom is 0.307 e. The molecule has 0 aliphatic carbocycles. The van der Waals surface area contributed by atoms with Gasteiger partial charge in [0.05, 0.1) is 6.42 Å². The number of nitrogens with zero attached hydrogens (tertiary/aromatic N) is 1. The van der Waals surface area contributed by atoms with Gasteiger partial charge in [0.2, 0.25) is 0 Å². The van der Waals surface area contributed by atoms with Gasteiger partial charge in [-0.15, -0.1) is 11.8 Å². The first kappa shape index (κ1) is 20.8. The van der Waals surface area contributed by atoms with Crippen LogP contribution in [-0.4, -0.2) is 40.9 Å². The second-order valence-corrected chi connectivity index (χ2v) is 7.11. The van der Waals surface area contributed by atoms with E-state index in [1.165, 1.54) is 18.4 Å². The first-order valence-corrected chi connectivity index (χ1v) is 9.96. The number of benzene rings is 1. The van der Waals surface area contributed by atoms with Gasteiger partial charge >= 0.3 is 5.97 Å². The molecule has 4 heteroatoms. The molecule has 1 atom stereocenters. The van der Waals surface area contributed by atoms with Crippen molar-refractivity contribution in [3.05, 3.63) is 48.0 Å². The van der Waals surface area contributed by atoms with Gasteiger partial charge in [0.15, 0.2) is 0 Å². The van der Waals surface area contributed by atoms with Crippen molar-refractivity contribution in [3.63, 3.8) is 0 Å². The molecule has 0 bridgehead atoms. The van der Waals surface area contributed by atoms with Crippen LogP contribution in [0.5, 0.6) is 0 Å². The van der Waals surface area contributed by atoms with Crippen molar-refractivity contribution in [3.8, 4) is 0 Å². The largest absolute Gasteiger partial charge is 0.481 e. The Morgan fingerprint density at radius 3 is 2.54 bits per heavy atom. The van der Waals surface area contributed by atoms with Gasteiger partial charge < -0.3 is 10.0 Å². The van der Waals surface area contributed by atoms with Gasteiger partial charge in [-0.25, -0.2) is 0 Å². The molecule has 0 heterocycles. The fourth-order valence-electron chi connectivity index (χ4n) is 2.55. The Kier molecular flexibility index (Phi) is 11.3.